The van der Waals surface area contributed by atoms with Gasteiger partial charge in [-0.3, -0.25) is 4.79 Å². The molecule has 1 nitrogen and oxygen atoms in total. The van der Waals surface area contributed by atoms with Crippen LogP contribution in [-0.2, 0) is 4.79 Å². The summed E-state index contributed by atoms with van der Waals surface area (Å²) < 4.78 is -0.0350. The van der Waals surface area contributed by atoms with Crippen molar-refractivity contribution in [3.8, 4) is 0 Å². The fourth-order valence-electron chi connectivity index (χ4n) is 1.74. The number of carbonyl (C=O) groups is 1. The summed E-state index contributed by atoms with van der Waals surface area (Å²) in [4.78, 5) is 11.5. The van der Waals surface area contributed by atoms with Crippen molar-refractivity contribution in [1.82, 2.24) is 0 Å². The molecule has 0 bridgehead atoms. The highest BCUT2D eigenvalue weighted by Gasteiger charge is 2.38. The van der Waals surface area contributed by atoms with Gasteiger partial charge in [0.1, 0.15) is 5.78 Å². The van der Waals surface area contributed by atoms with Crippen LogP contribution in [0.2, 0.25) is 0 Å². The molecule has 0 amide bonds. The molecule has 0 radical (unpaired) electrons. The quantitative estimate of drug-likeness (QED) is 0.335. The van der Waals surface area contributed by atoms with E-state index in [1.165, 1.54) is 0 Å². The van der Waals surface area contributed by atoms with Crippen LogP contribution in [0.25, 0.3) is 0 Å². The van der Waals surface area contributed by atoms with Crippen molar-refractivity contribution in [2.24, 2.45) is 0 Å². The molecule has 1 aliphatic carbocycles. The number of rotatable bonds is 4. The number of ketones is 1. The Morgan fingerprint density at radius 3 is 3.00 bits per heavy atom. The van der Waals surface area contributed by atoms with Gasteiger partial charge in [0.2, 0.25) is 0 Å². The van der Waals surface area contributed by atoms with E-state index in [9.17, 15) is 4.79 Å². The van der Waals surface area contributed by atoms with Crippen molar-refractivity contribution >= 4 is 28.4 Å². The average molecular weight is 290 g/mol. The summed E-state index contributed by atoms with van der Waals surface area (Å²) >= 11 is 2.34. The molecular formula is C11H15IO. The van der Waals surface area contributed by atoms with E-state index in [0.717, 1.165) is 38.5 Å². The Bertz CT molecular complexity index is 240. The van der Waals surface area contributed by atoms with Crippen LogP contribution in [0, 0.1) is 0 Å². The number of alkyl halides is 1. The predicted octanol–water partition coefficient (Wildman–Crippen LogP) is 3.42. The van der Waals surface area contributed by atoms with Gasteiger partial charge in [0.05, 0.1) is 3.42 Å². The largest absolute Gasteiger partial charge is 0.298 e. The maximum Gasteiger partial charge on any atom is 0.148 e. The van der Waals surface area contributed by atoms with E-state index in [-0.39, 0.29) is 3.42 Å². The second-order valence-electron chi connectivity index (χ2n) is 3.54. The highest BCUT2D eigenvalue weighted by atomic mass is 127. The number of hydrogen-bond acceptors (Lipinski definition) is 1. The van der Waals surface area contributed by atoms with Gasteiger partial charge in [-0.2, -0.15) is 0 Å². The number of unbranched alkanes of at least 4 members (excludes halogenated alkanes) is 1. The Hall–Kier alpha value is -0.0800. The molecule has 1 saturated carbocycles. The monoisotopic (exact) mass is 290 g/mol. The SMILES string of the molecule is C=C=CCCCC1(I)CCCC1=O. The van der Waals surface area contributed by atoms with E-state index in [1.54, 1.807) is 0 Å². The minimum atomic E-state index is -0.0350. The molecule has 0 saturated heterocycles. The summed E-state index contributed by atoms with van der Waals surface area (Å²) in [7, 11) is 0. The molecule has 0 aromatic rings. The lowest BCUT2D eigenvalue weighted by Crippen LogP contribution is -2.25. The van der Waals surface area contributed by atoms with Crippen LogP contribution in [0.3, 0.4) is 0 Å². The summed E-state index contributed by atoms with van der Waals surface area (Å²) in [6, 6.07) is 0. The summed E-state index contributed by atoms with van der Waals surface area (Å²) in [5.74, 6) is 0.454. The number of allylic oxidation sites excluding steroid dienone is 1. The Morgan fingerprint density at radius 2 is 2.46 bits per heavy atom. The van der Waals surface area contributed by atoms with Crippen LogP contribution in [0.5, 0.6) is 0 Å². The molecule has 0 aromatic carbocycles. The van der Waals surface area contributed by atoms with Crippen molar-refractivity contribution in [1.29, 1.82) is 0 Å². The molecule has 13 heavy (non-hydrogen) atoms. The van der Waals surface area contributed by atoms with Gasteiger partial charge < -0.3 is 0 Å². The van der Waals surface area contributed by atoms with E-state index < -0.39 is 0 Å². The number of hydrogen-bond donors (Lipinski definition) is 0. The van der Waals surface area contributed by atoms with Gasteiger partial charge in [-0.15, -0.1) is 5.73 Å². The first-order valence-corrected chi connectivity index (χ1v) is 5.83. The van der Waals surface area contributed by atoms with Gasteiger partial charge in [0.25, 0.3) is 0 Å². The van der Waals surface area contributed by atoms with Crippen LogP contribution in [0.1, 0.15) is 38.5 Å². The molecule has 0 spiro atoms. The molecule has 0 aromatic heterocycles. The fraction of sp³-hybridized carbons (Fsp3) is 0.636. The zero-order valence-electron chi connectivity index (χ0n) is 7.81. The Morgan fingerprint density at radius 1 is 1.69 bits per heavy atom. The zero-order valence-corrected chi connectivity index (χ0v) is 9.97. The van der Waals surface area contributed by atoms with E-state index in [2.05, 4.69) is 34.9 Å². The Kier molecular flexibility index (Phi) is 4.20. The molecule has 0 N–H and O–H groups in total. The van der Waals surface area contributed by atoms with Gasteiger partial charge in [-0.25, -0.2) is 0 Å². The van der Waals surface area contributed by atoms with E-state index in [1.807, 2.05) is 6.08 Å². The molecule has 1 rings (SSSR count). The van der Waals surface area contributed by atoms with Crippen LogP contribution in [0.4, 0.5) is 0 Å². The summed E-state index contributed by atoms with van der Waals surface area (Å²) in [5.41, 5.74) is 2.75. The molecule has 1 unspecified atom stereocenters. The zero-order chi connectivity index (χ0) is 9.73. The van der Waals surface area contributed by atoms with Crippen molar-refractivity contribution < 1.29 is 4.79 Å². The van der Waals surface area contributed by atoms with E-state index >= 15 is 0 Å². The van der Waals surface area contributed by atoms with Gasteiger partial charge in [0, 0.05) is 6.42 Å². The Balaban J connectivity index is 2.34. The topological polar surface area (TPSA) is 17.1 Å². The Labute approximate surface area is 93.4 Å². The van der Waals surface area contributed by atoms with Gasteiger partial charge in [-0.1, -0.05) is 29.2 Å². The predicted molar refractivity (Wildman–Crippen MR) is 63.2 cm³/mol. The lowest BCUT2D eigenvalue weighted by atomic mass is 9.99. The molecule has 2 heteroatoms. The number of halogens is 1. The maximum absolute atomic E-state index is 11.5. The molecule has 0 heterocycles. The van der Waals surface area contributed by atoms with Gasteiger partial charge >= 0.3 is 0 Å². The van der Waals surface area contributed by atoms with Crippen LogP contribution >= 0.6 is 22.6 Å². The van der Waals surface area contributed by atoms with Crippen molar-refractivity contribution in [3.63, 3.8) is 0 Å². The summed E-state index contributed by atoms with van der Waals surface area (Å²) in [5, 5.41) is 0. The third-order valence-electron chi connectivity index (χ3n) is 2.54. The number of Topliss-reactive ketones (excluding diaryl/α,β-unsaturated/α-hetero) is 1. The van der Waals surface area contributed by atoms with Crippen molar-refractivity contribution in [2.45, 2.75) is 41.9 Å². The first kappa shape index (κ1) is 11.0. The lowest BCUT2D eigenvalue weighted by molar-refractivity contribution is -0.119. The van der Waals surface area contributed by atoms with Gasteiger partial charge in [-0.05, 0) is 38.2 Å². The maximum atomic E-state index is 11.5. The first-order valence-electron chi connectivity index (χ1n) is 4.75. The van der Waals surface area contributed by atoms with Crippen molar-refractivity contribution in [2.75, 3.05) is 0 Å². The third kappa shape index (κ3) is 2.96. The third-order valence-corrected chi connectivity index (χ3v) is 4.22. The van der Waals surface area contributed by atoms with Crippen LogP contribution in [0.15, 0.2) is 18.4 Å². The first-order chi connectivity index (χ1) is 6.19. The minimum absolute atomic E-state index is 0.0350. The highest BCUT2D eigenvalue weighted by Crippen LogP contribution is 2.39. The minimum Gasteiger partial charge on any atom is -0.298 e. The fourth-order valence-corrected chi connectivity index (χ4v) is 2.78. The molecule has 0 aliphatic heterocycles. The van der Waals surface area contributed by atoms with Crippen molar-refractivity contribution in [3.05, 3.63) is 18.4 Å². The average Bonchev–Trinajstić information content (AvgIpc) is 2.42. The normalized spacial score (nSPS) is 27.3. The lowest BCUT2D eigenvalue weighted by Gasteiger charge is -2.18. The smallest absolute Gasteiger partial charge is 0.148 e. The van der Waals surface area contributed by atoms with Crippen LogP contribution < -0.4 is 0 Å². The second-order valence-corrected chi connectivity index (χ2v) is 5.61. The standard InChI is InChI=1S/C11H15IO/c1-2-3-4-5-8-11(12)9-6-7-10(11)13/h3H,1,4-9H2. The molecule has 1 atom stereocenters. The highest BCUT2D eigenvalue weighted by molar-refractivity contribution is 14.1. The molecule has 72 valence electrons. The number of carbonyl (C=O) groups excluding carboxylic acids is 1. The molecule has 1 aliphatic rings. The van der Waals surface area contributed by atoms with E-state index in [4.69, 9.17) is 0 Å². The molecular weight excluding hydrogens is 275 g/mol. The van der Waals surface area contributed by atoms with E-state index in [0.29, 0.717) is 5.78 Å². The summed E-state index contributed by atoms with van der Waals surface area (Å²) in [6.45, 7) is 3.51. The van der Waals surface area contributed by atoms with Gasteiger partial charge in [0.15, 0.2) is 0 Å². The molecule has 1 fully saturated rings. The summed E-state index contributed by atoms with van der Waals surface area (Å²) in [6.07, 6.45) is 7.99. The second kappa shape index (κ2) is 4.97. The van der Waals surface area contributed by atoms with Crippen LogP contribution in [-0.4, -0.2) is 9.20 Å².